The monoisotopic (exact) mass is 334 g/mol. The maximum atomic E-state index is 12.2. The van der Waals surface area contributed by atoms with Crippen LogP contribution in [0.2, 0.25) is 0 Å². The quantitative estimate of drug-likeness (QED) is 0.770. The number of nitrogens with one attached hydrogen (secondary N) is 1. The van der Waals surface area contributed by atoms with Gasteiger partial charge in [0.15, 0.2) is 0 Å². The van der Waals surface area contributed by atoms with Crippen molar-refractivity contribution in [2.24, 2.45) is 11.7 Å². The van der Waals surface area contributed by atoms with E-state index in [0.29, 0.717) is 6.54 Å². The smallest absolute Gasteiger partial charge is 0.223 e. The van der Waals surface area contributed by atoms with Gasteiger partial charge in [0.25, 0.3) is 0 Å². The Morgan fingerprint density at radius 3 is 2.72 bits per heavy atom. The van der Waals surface area contributed by atoms with Crippen molar-refractivity contribution >= 4 is 16.9 Å². The molecule has 1 fully saturated rings. The molecule has 1 aliphatic carbocycles. The van der Waals surface area contributed by atoms with Gasteiger partial charge in [-0.2, -0.15) is 0 Å². The molecule has 3 N–H and O–H groups in total. The predicted molar refractivity (Wildman–Crippen MR) is 98.2 cm³/mol. The number of amides is 1. The second-order valence-corrected chi connectivity index (χ2v) is 6.76. The number of benzene rings is 2. The van der Waals surface area contributed by atoms with Gasteiger partial charge >= 0.3 is 0 Å². The van der Waals surface area contributed by atoms with Crippen LogP contribution in [0, 0.1) is 5.92 Å². The molecule has 4 rings (SSSR count). The predicted octanol–water partition coefficient (Wildman–Crippen LogP) is 2.77. The lowest BCUT2D eigenvalue weighted by atomic mass is 10.1. The first-order valence-corrected chi connectivity index (χ1v) is 8.75. The average Bonchev–Trinajstić information content (AvgIpc) is 3.26. The summed E-state index contributed by atoms with van der Waals surface area (Å²) in [6.07, 6.45) is 4.49. The van der Waals surface area contributed by atoms with Crippen molar-refractivity contribution in [2.75, 3.05) is 0 Å². The van der Waals surface area contributed by atoms with Gasteiger partial charge in [-0.25, -0.2) is 4.98 Å². The van der Waals surface area contributed by atoms with E-state index >= 15 is 0 Å². The molecule has 1 heterocycles. The van der Waals surface area contributed by atoms with Gasteiger partial charge in [0, 0.05) is 24.2 Å². The summed E-state index contributed by atoms with van der Waals surface area (Å²) in [7, 11) is 0. The number of nitrogens with two attached hydrogens (primary N) is 1. The van der Waals surface area contributed by atoms with Crippen LogP contribution in [-0.2, 0) is 11.3 Å². The maximum absolute atomic E-state index is 12.2. The van der Waals surface area contributed by atoms with E-state index in [2.05, 4.69) is 33.1 Å². The molecule has 2 aromatic carbocycles. The fourth-order valence-corrected chi connectivity index (χ4v) is 3.53. The standard InChI is InChI=1S/C20H22N4O/c21-16-8-7-15(11-16)20(25)22-12-14-5-9-17(10-6-14)24-13-23-18-3-1-2-4-19(18)24/h1-6,9-10,13,15-16H,7-8,11-12,21H2,(H,22,25). The van der Waals surface area contributed by atoms with Gasteiger partial charge in [0.2, 0.25) is 5.91 Å². The number of imidazole rings is 1. The zero-order valence-corrected chi connectivity index (χ0v) is 14.1. The molecule has 2 unspecified atom stereocenters. The first kappa shape index (κ1) is 15.8. The first-order valence-electron chi connectivity index (χ1n) is 8.75. The molecule has 25 heavy (non-hydrogen) atoms. The summed E-state index contributed by atoms with van der Waals surface area (Å²) < 4.78 is 2.07. The minimum Gasteiger partial charge on any atom is -0.352 e. The molecule has 1 saturated carbocycles. The summed E-state index contributed by atoms with van der Waals surface area (Å²) in [6.45, 7) is 0.551. The number of hydrogen-bond acceptors (Lipinski definition) is 3. The topological polar surface area (TPSA) is 72.9 Å². The first-order chi connectivity index (χ1) is 12.2. The molecule has 2 atom stereocenters. The summed E-state index contributed by atoms with van der Waals surface area (Å²) in [5.41, 5.74) is 10.1. The number of rotatable bonds is 4. The van der Waals surface area contributed by atoms with Crippen molar-refractivity contribution < 1.29 is 4.79 Å². The second-order valence-electron chi connectivity index (χ2n) is 6.76. The summed E-state index contributed by atoms with van der Waals surface area (Å²) in [5.74, 6) is 0.198. The lowest BCUT2D eigenvalue weighted by Gasteiger charge is -2.11. The van der Waals surface area contributed by atoms with E-state index in [0.717, 1.165) is 41.5 Å². The summed E-state index contributed by atoms with van der Waals surface area (Å²) >= 11 is 0. The van der Waals surface area contributed by atoms with E-state index in [4.69, 9.17) is 5.73 Å². The summed E-state index contributed by atoms with van der Waals surface area (Å²) in [6, 6.07) is 16.5. The Bertz CT molecular complexity index is 884. The fraction of sp³-hybridized carbons (Fsp3) is 0.300. The molecule has 1 aromatic heterocycles. The van der Waals surface area contributed by atoms with E-state index in [-0.39, 0.29) is 17.9 Å². The van der Waals surface area contributed by atoms with Crippen LogP contribution in [0.3, 0.4) is 0 Å². The van der Waals surface area contributed by atoms with Crippen LogP contribution in [0.15, 0.2) is 54.9 Å². The molecule has 5 nitrogen and oxygen atoms in total. The molecule has 0 aliphatic heterocycles. The molecule has 0 saturated heterocycles. The fourth-order valence-electron chi connectivity index (χ4n) is 3.53. The van der Waals surface area contributed by atoms with Crippen molar-refractivity contribution in [3.63, 3.8) is 0 Å². The van der Waals surface area contributed by atoms with Gasteiger partial charge < -0.3 is 11.1 Å². The molecule has 0 bridgehead atoms. The van der Waals surface area contributed by atoms with Gasteiger partial charge in [-0.1, -0.05) is 24.3 Å². The highest BCUT2D eigenvalue weighted by Crippen LogP contribution is 2.24. The number of hydrogen-bond donors (Lipinski definition) is 2. The Kier molecular flexibility index (Phi) is 4.24. The van der Waals surface area contributed by atoms with Crippen LogP contribution in [0.5, 0.6) is 0 Å². The number of carbonyl (C=O) groups is 1. The van der Waals surface area contributed by atoms with Gasteiger partial charge in [-0.3, -0.25) is 9.36 Å². The van der Waals surface area contributed by atoms with E-state index < -0.39 is 0 Å². The largest absolute Gasteiger partial charge is 0.352 e. The van der Waals surface area contributed by atoms with Crippen molar-refractivity contribution in [2.45, 2.75) is 31.8 Å². The number of fused-ring (bicyclic) bond motifs is 1. The minimum absolute atomic E-state index is 0.0755. The van der Waals surface area contributed by atoms with E-state index in [1.165, 1.54) is 0 Å². The molecular weight excluding hydrogens is 312 g/mol. The van der Waals surface area contributed by atoms with Crippen molar-refractivity contribution in [3.8, 4) is 5.69 Å². The third-order valence-electron chi connectivity index (χ3n) is 4.98. The Morgan fingerprint density at radius 1 is 1.16 bits per heavy atom. The SMILES string of the molecule is NC1CCC(C(=O)NCc2ccc(-n3cnc4ccccc43)cc2)C1. The zero-order chi connectivity index (χ0) is 17.2. The van der Waals surface area contributed by atoms with Crippen molar-refractivity contribution in [1.82, 2.24) is 14.9 Å². The van der Waals surface area contributed by atoms with Gasteiger partial charge in [0.05, 0.1) is 11.0 Å². The highest BCUT2D eigenvalue weighted by Gasteiger charge is 2.27. The molecule has 128 valence electrons. The third kappa shape index (κ3) is 3.28. The summed E-state index contributed by atoms with van der Waals surface area (Å²) in [5, 5.41) is 3.03. The highest BCUT2D eigenvalue weighted by molar-refractivity contribution is 5.79. The normalized spacial score (nSPS) is 20.0. The molecular formula is C20H22N4O. The molecule has 0 radical (unpaired) electrons. The minimum atomic E-state index is 0.0755. The molecule has 0 spiro atoms. The number of para-hydroxylation sites is 2. The van der Waals surface area contributed by atoms with E-state index in [1.54, 1.807) is 0 Å². The lowest BCUT2D eigenvalue weighted by molar-refractivity contribution is -0.125. The van der Waals surface area contributed by atoms with Gasteiger partial charge in [-0.15, -0.1) is 0 Å². The Hall–Kier alpha value is -2.66. The number of carbonyl (C=O) groups excluding carboxylic acids is 1. The van der Waals surface area contributed by atoms with Crippen LogP contribution in [0.25, 0.3) is 16.7 Å². The molecule has 1 amide bonds. The average molecular weight is 334 g/mol. The highest BCUT2D eigenvalue weighted by atomic mass is 16.1. The molecule has 5 heteroatoms. The number of nitrogens with zero attached hydrogens (tertiary/aromatic N) is 2. The summed E-state index contributed by atoms with van der Waals surface area (Å²) in [4.78, 5) is 16.6. The van der Waals surface area contributed by atoms with Crippen molar-refractivity contribution in [3.05, 3.63) is 60.4 Å². The van der Waals surface area contributed by atoms with E-state index in [1.807, 2.05) is 36.7 Å². The Labute approximate surface area is 146 Å². The van der Waals surface area contributed by atoms with E-state index in [9.17, 15) is 4.79 Å². The van der Waals surface area contributed by atoms with Gasteiger partial charge in [0.1, 0.15) is 6.33 Å². The maximum Gasteiger partial charge on any atom is 0.223 e. The van der Waals surface area contributed by atoms with Crippen LogP contribution in [-0.4, -0.2) is 21.5 Å². The molecule has 3 aromatic rings. The van der Waals surface area contributed by atoms with Crippen molar-refractivity contribution in [1.29, 1.82) is 0 Å². The van der Waals surface area contributed by atoms with Crippen LogP contribution in [0.4, 0.5) is 0 Å². The van der Waals surface area contributed by atoms with Crippen LogP contribution >= 0.6 is 0 Å². The Morgan fingerprint density at radius 2 is 1.96 bits per heavy atom. The molecule has 1 aliphatic rings. The van der Waals surface area contributed by atoms with Crippen LogP contribution < -0.4 is 11.1 Å². The zero-order valence-electron chi connectivity index (χ0n) is 14.1. The Balaban J connectivity index is 1.43. The van der Waals surface area contributed by atoms with Crippen LogP contribution in [0.1, 0.15) is 24.8 Å². The second kappa shape index (κ2) is 6.69. The number of aromatic nitrogens is 2. The van der Waals surface area contributed by atoms with Gasteiger partial charge in [-0.05, 0) is 49.1 Å². The lowest BCUT2D eigenvalue weighted by Crippen LogP contribution is -2.29. The third-order valence-corrected chi connectivity index (χ3v) is 4.98.